The second kappa shape index (κ2) is 9.72. The predicted molar refractivity (Wildman–Crippen MR) is 103 cm³/mol. The number of hydrogen-bond donors (Lipinski definition) is 2. The Bertz CT molecular complexity index is 595. The lowest BCUT2D eigenvalue weighted by Gasteiger charge is -2.29. The Labute approximate surface area is 157 Å². The van der Waals surface area contributed by atoms with Gasteiger partial charge in [0.1, 0.15) is 0 Å². The van der Waals surface area contributed by atoms with Crippen molar-refractivity contribution in [2.24, 2.45) is 5.41 Å². The lowest BCUT2D eigenvalue weighted by molar-refractivity contribution is -0.144. The van der Waals surface area contributed by atoms with E-state index < -0.39 is 11.4 Å². The van der Waals surface area contributed by atoms with Crippen molar-refractivity contribution in [3.63, 3.8) is 0 Å². The van der Waals surface area contributed by atoms with Crippen molar-refractivity contribution < 1.29 is 19.4 Å². The normalized spacial score (nSPS) is 13.9. The number of esters is 1. The van der Waals surface area contributed by atoms with Gasteiger partial charge in [-0.25, -0.2) is 0 Å². The van der Waals surface area contributed by atoms with E-state index in [2.05, 4.69) is 19.2 Å². The zero-order chi connectivity index (χ0) is 19.8. The van der Waals surface area contributed by atoms with Crippen molar-refractivity contribution in [3.05, 3.63) is 35.4 Å². The van der Waals surface area contributed by atoms with Gasteiger partial charge in [-0.15, -0.1) is 0 Å². The summed E-state index contributed by atoms with van der Waals surface area (Å²) in [5.74, 6) is -1.09. The molecule has 1 rings (SSSR count). The monoisotopic (exact) mass is 363 g/mol. The predicted octanol–water partition coefficient (Wildman–Crippen LogP) is 3.55. The zero-order valence-corrected chi connectivity index (χ0v) is 16.7. The number of benzene rings is 1. The number of nitrogens with one attached hydrogen (secondary N) is 1. The number of rotatable bonds is 11. The van der Waals surface area contributed by atoms with E-state index in [0.29, 0.717) is 13.0 Å². The zero-order valence-electron chi connectivity index (χ0n) is 16.7. The van der Waals surface area contributed by atoms with E-state index in [1.54, 1.807) is 13.8 Å². The minimum Gasteiger partial charge on any atom is -0.481 e. The van der Waals surface area contributed by atoms with Gasteiger partial charge in [0.05, 0.1) is 18.4 Å². The molecule has 5 heteroatoms. The molecular formula is C21H33NO4. The summed E-state index contributed by atoms with van der Waals surface area (Å²) < 4.78 is 4.95. The Kier molecular flexibility index (Phi) is 8.28. The van der Waals surface area contributed by atoms with Crippen LogP contribution in [0.5, 0.6) is 0 Å². The summed E-state index contributed by atoms with van der Waals surface area (Å²) in [6, 6.07) is 7.28. The average Bonchev–Trinajstić information content (AvgIpc) is 2.55. The largest absolute Gasteiger partial charge is 0.481 e. The highest BCUT2D eigenvalue weighted by molar-refractivity contribution is 5.81. The topological polar surface area (TPSA) is 75.6 Å². The molecule has 0 aliphatic heterocycles. The van der Waals surface area contributed by atoms with Crippen molar-refractivity contribution in [1.82, 2.24) is 5.32 Å². The number of carbonyl (C=O) groups excluding carboxylic acids is 1. The molecule has 0 bridgehead atoms. The minimum absolute atomic E-state index is 0.137. The highest BCUT2D eigenvalue weighted by Gasteiger charge is 2.35. The van der Waals surface area contributed by atoms with Crippen LogP contribution in [0.4, 0.5) is 0 Å². The van der Waals surface area contributed by atoms with Crippen LogP contribution in [0.3, 0.4) is 0 Å². The molecule has 0 saturated carbocycles. The van der Waals surface area contributed by atoms with Gasteiger partial charge in [-0.05, 0) is 56.8 Å². The number of carbonyl (C=O) groups is 2. The summed E-state index contributed by atoms with van der Waals surface area (Å²) in [6.07, 6.45) is 2.57. The number of carboxylic acids is 1. The Morgan fingerprint density at radius 3 is 2.23 bits per heavy atom. The van der Waals surface area contributed by atoms with Crippen molar-refractivity contribution in [3.8, 4) is 0 Å². The van der Waals surface area contributed by atoms with Gasteiger partial charge < -0.3 is 15.2 Å². The molecule has 1 aromatic carbocycles. The Balaban J connectivity index is 2.81. The highest BCUT2D eigenvalue weighted by atomic mass is 16.5. The van der Waals surface area contributed by atoms with Crippen LogP contribution in [0.2, 0.25) is 0 Å². The summed E-state index contributed by atoms with van der Waals surface area (Å²) in [4.78, 5) is 23.5. The summed E-state index contributed by atoms with van der Waals surface area (Å²) >= 11 is 0. The fraction of sp³-hybridized carbons (Fsp3) is 0.619. The van der Waals surface area contributed by atoms with Crippen molar-refractivity contribution in [2.45, 2.75) is 58.8 Å². The van der Waals surface area contributed by atoms with Crippen molar-refractivity contribution >= 4 is 11.9 Å². The lowest BCUT2D eigenvalue weighted by Crippen LogP contribution is -2.33. The molecule has 0 amide bonds. The van der Waals surface area contributed by atoms with Gasteiger partial charge in [-0.3, -0.25) is 9.59 Å². The molecule has 1 unspecified atom stereocenters. The van der Waals surface area contributed by atoms with Crippen LogP contribution >= 0.6 is 0 Å². The molecule has 5 nitrogen and oxygen atoms in total. The Morgan fingerprint density at radius 1 is 1.12 bits per heavy atom. The fourth-order valence-electron chi connectivity index (χ4n) is 3.23. The van der Waals surface area contributed by atoms with Crippen LogP contribution in [0, 0.1) is 5.41 Å². The third-order valence-corrected chi connectivity index (χ3v) is 4.90. The van der Waals surface area contributed by atoms with Crippen LogP contribution in [-0.2, 0) is 26.2 Å². The molecule has 0 aliphatic rings. The molecular weight excluding hydrogens is 330 g/mol. The third kappa shape index (κ3) is 6.45. The van der Waals surface area contributed by atoms with Crippen LogP contribution in [0.1, 0.15) is 58.1 Å². The molecule has 0 radical (unpaired) electrons. The maximum absolute atomic E-state index is 12.0. The molecule has 26 heavy (non-hydrogen) atoms. The van der Waals surface area contributed by atoms with Crippen LogP contribution in [0.15, 0.2) is 24.3 Å². The maximum atomic E-state index is 12.0. The van der Waals surface area contributed by atoms with Crippen molar-refractivity contribution in [2.75, 3.05) is 20.2 Å². The maximum Gasteiger partial charge on any atom is 0.313 e. The van der Waals surface area contributed by atoms with Gasteiger partial charge in [0.25, 0.3) is 0 Å². The van der Waals surface area contributed by atoms with Gasteiger partial charge in [0.15, 0.2) is 0 Å². The molecule has 1 aromatic rings. The molecule has 1 atom stereocenters. The Morgan fingerprint density at radius 2 is 1.73 bits per heavy atom. The second-order valence-corrected chi connectivity index (χ2v) is 7.86. The number of carboxylic acid groups (broad SMARTS) is 1. The average molecular weight is 363 g/mol. The molecule has 0 aromatic heterocycles. The first-order valence-electron chi connectivity index (χ1n) is 9.27. The first-order chi connectivity index (χ1) is 12.1. The lowest BCUT2D eigenvalue weighted by atomic mass is 9.76. The van der Waals surface area contributed by atoms with Crippen molar-refractivity contribution in [1.29, 1.82) is 0 Å². The first kappa shape index (κ1) is 22.2. The standard InChI is InChI=1S/C21H33NO4/c1-6-26-18(23)14-16-8-10-17(11-9-16)21(4,19(24)25)13-7-12-20(2,3)15-22-5/h8-11,22H,6-7,12-15H2,1-5H3,(H,24,25). The van der Waals surface area contributed by atoms with E-state index >= 15 is 0 Å². The first-order valence-corrected chi connectivity index (χ1v) is 9.27. The minimum atomic E-state index is -0.932. The van der Waals surface area contributed by atoms with Gasteiger partial charge in [0, 0.05) is 0 Å². The highest BCUT2D eigenvalue weighted by Crippen LogP contribution is 2.33. The van der Waals surface area contributed by atoms with E-state index in [1.807, 2.05) is 31.3 Å². The van der Waals surface area contributed by atoms with E-state index in [4.69, 9.17) is 4.74 Å². The fourth-order valence-corrected chi connectivity index (χ4v) is 3.23. The SMILES string of the molecule is CCOC(=O)Cc1ccc(C(C)(CCCC(C)(C)CNC)C(=O)O)cc1. The molecule has 146 valence electrons. The van der Waals surface area contributed by atoms with Crippen LogP contribution in [0.25, 0.3) is 0 Å². The van der Waals surface area contributed by atoms with E-state index in [-0.39, 0.29) is 17.8 Å². The smallest absolute Gasteiger partial charge is 0.313 e. The number of ether oxygens (including phenoxy) is 1. The van der Waals surface area contributed by atoms with E-state index in [1.165, 1.54) is 0 Å². The molecule has 0 heterocycles. The number of aliphatic carboxylic acids is 1. The summed E-state index contributed by atoms with van der Waals surface area (Å²) in [5.41, 5.74) is 0.801. The molecule has 0 fully saturated rings. The summed E-state index contributed by atoms with van der Waals surface area (Å²) in [5, 5.41) is 13.0. The number of hydrogen-bond acceptors (Lipinski definition) is 4. The van der Waals surface area contributed by atoms with E-state index in [9.17, 15) is 14.7 Å². The molecule has 0 aliphatic carbocycles. The van der Waals surface area contributed by atoms with E-state index in [0.717, 1.165) is 30.5 Å². The summed E-state index contributed by atoms with van der Waals surface area (Å²) in [6.45, 7) is 9.19. The Hall–Kier alpha value is -1.88. The van der Waals surface area contributed by atoms with Gasteiger partial charge in [-0.1, -0.05) is 44.5 Å². The van der Waals surface area contributed by atoms with Crippen LogP contribution < -0.4 is 5.32 Å². The third-order valence-electron chi connectivity index (χ3n) is 4.90. The van der Waals surface area contributed by atoms with Gasteiger partial charge in [0.2, 0.25) is 0 Å². The van der Waals surface area contributed by atoms with Gasteiger partial charge in [-0.2, -0.15) is 0 Å². The van der Waals surface area contributed by atoms with Gasteiger partial charge >= 0.3 is 11.9 Å². The van der Waals surface area contributed by atoms with Crippen LogP contribution in [-0.4, -0.2) is 37.2 Å². The second-order valence-electron chi connectivity index (χ2n) is 7.86. The molecule has 0 saturated heterocycles. The molecule has 2 N–H and O–H groups in total. The summed E-state index contributed by atoms with van der Waals surface area (Å²) in [7, 11) is 1.93. The quantitative estimate of drug-likeness (QED) is 0.588. The molecule has 0 spiro atoms.